The molecule has 43 heavy (non-hydrogen) atoms. The molecule has 6 N–H and O–H groups in total. The van der Waals surface area contributed by atoms with E-state index in [1.54, 1.807) is 13.2 Å². The molecule has 11 nitrogen and oxygen atoms in total. The number of fused-ring (bicyclic) bond motifs is 5. The van der Waals surface area contributed by atoms with E-state index in [2.05, 4.69) is 17.5 Å². The molecule has 0 amide bonds. The van der Waals surface area contributed by atoms with E-state index < -0.39 is 40.5 Å². The fraction of sp³-hybridized carbons (Fsp3) is 0.839. The highest BCUT2D eigenvalue weighted by Gasteiger charge is 2.71. The number of nitrogens with one attached hydrogen (secondary N) is 1. The van der Waals surface area contributed by atoms with Crippen molar-refractivity contribution >= 4 is 29.5 Å². The van der Waals surface area contributed by atoms with E-state index in [0.29, 0.717) is 51.6 Å². The number of rotatable bonds is 6. The molecule has 0 spiro atoms. The number of hydrogen-bond acceptors (Lipinski definition) is 10. The van der Waals surface area contributed by atoms with Crippen molar-refractivity contribution in [3.05, 3.63) is 11.6 Å². The van der Waals surface area contributed by atoms with Crippen LogP contribution in [0.2, 0.25) is 0 Å². The topological polar surface area (TPSA) is 165 Å². The van der Waals surface area contributed by atoms with Crippen molar-refractivity contribution < 1.29 is 39.1 Å². The summed E-state index contributed by atoms with van der Waals surface area (Å²) >= 11 is 5.01. The maximum Gasteiger partial charge on any atom is 0.331 e. The minimum Gasteiger partial charge on any atom is -0.458 e. The van der Waals surface area contributed by atoms with Crippen LogP contribution in [0, 0.1) is 28.6 Å². The highest BCUT2D eigenvalue weighted by Crippen LogP contribution is 2.70. The van der Waals surface area contributed by atoms with Crippen LogP contribution in [-0.4, -0.2) is 88.2 Å². The number of carbonyl (C=O) groups excluding carboxylic acids is 1. The summed E-state index contributed by atoms with van der Waals surface area (Å²) in [7, 11) is 1.58. The van der Waals surface area contributed by atoms with Crippen LogP contribution >= 0.6 is 12.2 Å². The average Bonchev–Trinajstić information content (AvgIpc) is 3.50. The molecule has 4 aliphatic carbocycles. The Kier molecular flexibility index (Phi) is 8.22. The zero-order chi connectivity index (χ0) is 30.8. The summed E-state index contributed by atoms with van der Waals surface area (Å²) in [5, 5.41) is 40.1. The van der Waals surface area contributed by atoms with Gasteiger partial charge in [-0.3, -0.25) is 5.43 Å². The maximum atomic E-state index is 12.6. The third-order valence-corrected chi connectivity index (χ3v) is 12.5. The molecule has 240 valence electrons. The first-order valence-corrected chi connectivity index (χ1v) is 16.2. The summed E-state index contributed by atoms with van der Waals surface area (Å²) < 4.78 is 23.1. The average molecular weight is 622 g/mol. The molecule has 6 rings (SSSR count). The summed E-state index contributed by atoms with van der Waals surface area (Å²) in [6.45, 7) is 4.29. The van der Waals surface area contributed by atoms with Crippen molar-refractivity contribution in [2.24, 2.45) is 39.4 Å². The number of thiocarbonyl (C=S) groups is 1. The van der Waals surface area contributed by atoms with Crippen LogP contribution in [0.15, 0.2) is 16.8 Å². The SMILES string of the molecule is CO[C@H]1C[C@H](O[C@@H]2CC[C@]3(/C=N\NC(N)=S)[C@H]4CC[C@]5(C)[C@H](C6=CC(=O)OC6)CC[C@]5(O)[C@@H]4CC[C@@]3(O)C2)O[C@H](C)[C@H]1O. The summed E-state index contributed by atoms with van der Waals surface area (Å²) in [6.07, 6.45) is 7.39. The second kappa shape index (κ2) is 11.3. The van der Waals surface area contributed by atoms with Gasteiger partial charge in [0.15, 0.2) is 11.4 Å². The van der Waals surface area contributed by atoms with Crippen molar-refractivity contribution in [3.8, 4) is 0 Å². The van der Waals surface area contributed by atoms with Gasteiger partial charge in [0.05, 0.1) is 29.5 Å². The standard InChI is InChI=1S/C31H47N3O8S/c1-17-26(36)23(39-3)13-25(41-17)42-19-4-9-29(16-33-34-27(32)43)21-5-8-28(2)20(18-12-24(35)40-15-18)7-11-31(28,38)22(21)6-10-30(29,37)14-19/h12,16-17,19-23,25-26,36-38H,4-11,13-15H2,1-3H3,(H3,32,34,43)/b33-16-/t17-,19-,20+,21+,22-,23+,25+,26-,28-,29+,30-,31+/m1/s1. The fourth-order valence-electron chi connectivity index (χ4n) is 10.2. The van der Waals surface area contributed by atoms with Gasteiger partial charge in [0.25, 0.3) is 0 Å². The molecule has 0 aromatic carbocycles. The lowest BCUT2D eigenvalue weighted by Gasteiger charge is -2.66. The Bertz CT molecular complexity index is 1190. The van der Waals surface area contributed by atoms with E-state index in [-0.39, 0.29) is 41.0 Å². The van der Waals surface area contributed by atoms with Gasteiger partial charge in [-0.1, -0.05) is 6.92 Å². The Morgan fingerprint density at radius 1 is 1.19 bits per heavy atom. The van der Waals surface area contributed by atoms with Gasteiger partial charge >= 0.3 is 5.97 Å². The molecule has 2 heterocycles. The highest BCUT2D eigenvalue weighted by atomic mass is 32.1. The lowest BCUT2D eigenvalue weighted by atomic mass is 9.41. The zero-order valence-corrected chi connectivity index (χ0v) is 26.2. The minimum atomic E-state index is -1.13. The summed E-state index contributed by atoms with van der Waals surface area (Å²) in [6, 6.07) is 0. The molecule has 12 heteroatoms. The van der Waals surface area contributed by atoms with Crippen LogP contribution in [0.1, 0.15) is 78.1 Å². The molecule has 5 fully saturated rings. The Morgan fingerprint density at radius 2 is 1.95 bits per heavy atom. The van der Waals surface area contributed by atoms with Crippen molar-refractivity contribution in [1.29, 1.82) is 0 Å². The second-order valence-corrected chi connectivity index (χ2v) is 14.6. The Morgan fingerprint density at radius 3 is 2.65 bits per heavy atom. The van der Waals surface area contributed by atoms with Crippen molar-refractivity contribution in [2.45, 2.75) is 120 Å². The fourth-order valence-corrected chi connectivity index (χ4v) is 10.3. The normalized spacial score (nSPS) is 49.5. The Labute approximate surface area is 258 Å². The molecule has 2 aliphatic heterocycles. The van der Waals surface area contributed by atoms with Crippen molar-refractivity contribution in [3.63, 3.8) is 0 Å². The molecule has 0 bridgehead atoms. The first-order valence-electron chi connectivity index (χ1n) is 15.8. The number of cyclic esters (lactones) is 1. The molecule has 0 aromatic heterocycles. The Hall–Kier alpha value is -1.67. The molecular weight excluding hydrogens is 574 g/mol. The van der Waals surface area contributed by atoms with Crippen LogP contribution in [0.25, 0.3) is 0 Å². The zero-order valence-electron chi connectivity index (χ0n) is 25.4. The van der Waals surface area contributed by atoms with E-state index in [1.807, 2.05) is 13.1 Å². The number of aliphatic hydroxyl groups excluding tert-OH is 1. The number of aliphatic hydroxyl groups is 3. The maximum absolute atomic E-state index is 12.6. The van der Waals surface area contributed by atoms with Gasteiger partial charge in [-0.05, 0) is 93.8 Å². The summed E-state index contributed by atoms with van der Waals surface area (Å²) in [5.74, 6) is -0.277. The van der Waals surface area contributed by atoms with Crippen molar-refractivity contribution in [2.75, 3.05) is 13.7 Å². The Balaban J connectivity index is 1.27. The monoisotopic (exact) mass is 621 g/mol. The van der Waals surface area contributed by atoms with Crippen LogP contribution < -0.4 is 11.2 Å². The van der Waals surface area contributed by atoms with E-state index in [4.69, 9.17) is 36.9 Å². The van der Waals surface area contributed by atoms with E-state index in [1.165, 1.54) is 0 Å². The summed E-state index contributed by atoms with van der Waals surface area (Å²) in [4.78, 5) is 11.9. The number of esters is 1. The van der Waals surface area contributed by atoms with Crippen LogP contribution in [-0.2, 0) is 23.7 Å². The number of ether oxygens (including phenoxy) is 4. The van der Waals surface area contributed by atoms with Gasteiger partial charge in [0.2, 0.25) is 0 Å². The minimum absolute atomic E-state index is 0.0182. The lowest BCUT2D eigenvalue weighted by molar-refractivity contribution is -0.284. The first kappa shape index (κ1) is 31.3. The molecular formula is C31H47N3O8S. The number of nitrogens with two attached hydrogens (primary N) is 1. The number of hydrogen-bond donors (Lipinski definition) is 5. The predicted molar refractivity (Wildman–Crippen MR) is 161 cm³/mol. The number of carbonyl (C=O) groups is 1. The molecule has 0 unspecified atom stereocenters. The predicted octanol–water partition coefficient (Wildman–Crippen LogP) is 2.05. The lowest BCUT2D eigenvalue weighted by Crippen LogP contribution is -2.69. The molecule has 4 saturated carbocycles. The second-order valence-electron chi connectivity index (χ2n) is 14.1. The third kappa shape index (κ3) is 4.96. The van der Waals surface area contributed by atoms with Gasteiger partial charge < -0.3 is 40.0 Å². The van der Waals surface area contributed by atoms with E-state index in [9.17, 15) is 20.1 Å². The first-order chi connectivity index (χ1) is 20.4. The van der Waals surface area contributed by atoms with E-state index in [0.717, 1.165) is 24.8 Å². The molecule has 0 radical (unpaired) electrons. The molecule has 12 atom stereocenters. The van der Waals surface area contributed by atoms with Crippen molar-refractivity contribution in [1.82, 2.24) is 5.43 Å². The van der Waals surface area contributed by atoms with Gasteiger partial charge in [-0.25, -0.2) is 4.79 Å². The quantitative estimate of drug-likeness (QED) is 0.0969. The van der Waals surface area contributed by atoms with Crippen LogP contribution in [0.3, 0.4) is 0 Å². The number of nitrogens with zero attached hydrogens (tertiary/aromatic N) is 1. The molecule has 0 aromatic rings. The largest absolute Gasteiger partial charge is 0.458 e. The number of methoxy groups -OCH3 is 1. The molecule has 1 saturated heterocycles. The summed E-state index contributed by atoms with van der Waals surface area (Å²) in [5.41, 5.74) is 6.21. The van der Waals surface area contributed by atoms with Gasteiger partial charge in [0, 0.05) is 43.1 Å². The van der Waals surface area contributed by atoms with Crippen LogP contribution in [0.4, 0.5) is 0 Å². The van der Waals surface area contributed by atoms with Gasteiger partial charge in [0.1, 0.15) is 12.7 Å². The van der Waals surface area contributed by atoms with E-state index >= 15 is 0 Å². The third-order valence-electron chi connectivity index (χ3n) is 12.4. The smallest absolute Gasteiger partial charge is 0.331 e. The van der Waals surface area contributed by atoms with Gasteiger partial charge in [-0.15, -0.1) is 0 Å². The number of hydrazone groups is 1. The molecule has 6 aliphatic rings. The van der Waals surface area contributed by atoms with Crippen LogP contribution in [0.5, 0.6) is 0 Å². The van der Waals surface area contributed by atoms with Gasteiger partial charge in [-0.2, -0.15) is 5.10 Å². The highest BCUT2D eigenvalue weighted by molar-refractivity contribution is 7.80.